The van der Waals surface area contributed by atoms with Crippen LogP contribution in [0, 0.1) is 29.1 Å². The lowest BCUT2D eigenvalue weighted by Gasteiger charge is -2.44. The van der Waals surface area contributed by atoms with Crippen molar-refractivity contribution in [1.82, 2.24) is 0 Å². The molecule has 4 nitrogen and oxygen atoms in total. The fourth-order valence-corrected chi connectivity index (χ4v) is 6.05. The van der Waals surface area contributed by atoms with Crippen LogP contribution in [0.4, 0.5) is 0 Å². The molecule has 0 radical (unpaired) electrons. The highest BCUT2D eigenvalue weighted by Crippen LogP contribution is 2.60. The smallest absolute Gasteiger partial charge is 0.0885 e. The van der Waals surface area contributed by atoms with E-state index in [1.807, 2.05) is 0 Å². The van der Waals surface area contributed by atoms with Gasteiger partial charge < -0.3 is 20.4 Å². The zero-order valence-corrected chi connectivity index (χ0v) is 15.5. The molecule has 4 heteroatoms. The highest BCUT2D eigenvalue weighted by atomic mass is 16.3. The molecule has 3 rings (SSSR count). The summed E-state index contributed by atoms with van der Waals surface area (Å²) in [5.41, 5.74) is -0.857. The summed E-state index contributed by atoms with van der Waals surface area (Å²) in [6.45, 7) is 8.19. The molecule has 0 saturated heterocycles. The standard InChI is InChI=1S/C20H34O4/c1-12(2)20(24)8-7-18(3)10-14-13(11-21)9-15(22)17(14)19(4,23)6-5-16(18)20/h5,12-15,17,21-24H,6-11H2,1-4H3/t13-,14+,15+,17+,18+,19-,20-/m0/s1. The average molecular weight is 338 g/mol. The van der Waals surface area contributed by atoms with E-state index >= 15 is 0 Å². The van der Waals surface area contributed by atoms with Crippen LogP contribution in [0.15, 0.2) is 11.6 Å². The van der Waals surface area contributed by atoms with Gasteiger partial charge in [-0.05, 0) is 67.8 Å². The van der Waals surface area contributed by atoms with Crippen LogP contribution >= 0.6 is 0 Å². The van der Waals surface area contributed by atoms with Crippen molar-refractivity contribution in [2.75, 3.05) is 6.61 Å². The zero-order chi connectivity index (χ0) is 17.9. The van der Waals surface area contributed by atoms with Crippen LogP contribution in [0.3, 0.4) is 0 Å². The van der Waals surface area contributed by atoms with Gasteiger partial charge >= 0.3 is 0 Å². The third kappa shape index (κ3) is 2.57. The van der Waals surface area contributed by atoms with Gasteiger partial charge in [-0.3, -0.25) is 0 Å². The highest BCUT2D eigenvalue weighted by molar-refractivity contribution is 5.32. The zero-order valence-electron chi connectivity index (χ0n) is 15.5. The summed E-state index contributed by atoms with van der Waals surface area (Å²) in [6, 6.07) is 0. The van der Waals surface area contributed by atoms with Crippen molar-refractivity contribution in [2.24, 2.45) is 29.1 Å². The molecule has 4 N–H and O–H groups in total. The Balaban J connectivity index is 2.06. The average Bonchev–Trinajstić information content (AvgIpc) is 2.92. The Bertz CT molecular complexity index is 526. The first-order valence-electron chi connectivity index (χ1n) is 9.50. The van der Waals surface area contributed by atoms with Crippen molar-refractivity contribution in [3.63, 3.8) is 0 Å². The molecule has 2 fully saturated rings. The molecule has 0 heterocycles. The first-order chi connectivity index (χ1) is 11.0. The van der Waals surface area contributed by atoms with E-state index in [-0.39, 0.29) is 35.7 Å². The molecule has 3 aliphatic rings. The maximum absolute atomic E-state index is 11.3. The van der Waals surface area contributed by atoms with Gasteiger partial charge in [0, 0.05) is 12.5 Å². The number of rotatable bonds is 2. The summed E-state index contributed by atoms with van der Waals surface area (Å²) in [6.07, 6.45) is 4.99. The van der Waals surface area contributed by atoms with Crippen LogP contribution in [0.5, 0.6) is 0 Å². The Morgan fingerprint density at radius 1 is 1.21 bits per heavy atom. The minimum absolute atomic E-state index is 0.0281. The lowest BCUT2D eigenvalue weighted by atomic mass is 9.63. The summed E-state index contributed by atoms with van der Waals surface area (Å²) in [5.74, 6) is 0.0363. The maximum atomic E-state index is 11.3. The third-order valence-electron chi connectivity index (χ3n) is 7.51. The van der Waals surface area contributed by atoms with Gasteiger partial charge in [0.25, 0.3) is 0 Å². The number of aliphatic hydroxyl groups is 4. The molecular weight excluding hydrogens is 304 g/mol. The molecular formula is C20H34O4. The summed E-state index contributed by atoms with van der Waals surface area (Å²) in [7, 11) is 0. The van der Waals surface area contributed by atoms with Crippen LogP contribution < -0.4 is 0 Å². The summed E-state index contributed by atoms with van der Waals surface area (Å²) in [4.78, 5) is 0. The highest BCUT2D eigenvalue weighted by Gasteiger charge is 2.58. The fraction of sp³-hybridized carbons (Fsp3) is 0.900. The number of fused-ring (bicyclic) bond motifs is 2. The quantitative estimate of drug-likeness (QED) is 0.582. The topological polar surface area (TPSA) is 80.9 Å². The van der Waals surface area contributed by atoms with Gasteiger partial charge in [-0.25, -0.2) is 0 Å². The van der Waals surface area contributed by atoms with Crippen molar-refractivity contribution < 1.29 is 20.4 Å². The lowest BCUT2D eigenvalue weighted by molar-refractivity contribution is -0.0720. The number of aliphatic hydroxyl groups excluding tert-OH is 2. The van der Waals surface area contributed by atoms with E-state index in [1.165, 1.54) is 0 Å². The van der Waals surface area contributed by atoms with Crippen molar-refractivity contribution in [2.45, 2.75) is 77.1 Å². The lowest BCUT2D eigenvalue weighted by Crippen LogP contribution is -2.46. The van der Waals surface area contributed by atoms with Gasteiger partial charge in [-0.1, -0.05) is 26.8 Å². The van der Waals surface area contributed by atoms with Crippen molar-refractivity contribution >= 4 is 0 Å². The largest absolute Gasteiger partial charge is 0.396 e. The van der Waals surface area contributed by atoms with E-state index < -0.39 is 17.3 Å². The Morgan fingerprint density at radius 3 is 2.46 bits per heavy atom. The van der Waals surface area contributed by atoms with Crippen LogP contribution in [0.2, 0.25) is 0 Å². The van der Waals surface area contributed by atoms with Crippen molar-refractivity contribution in [3.8, 4) is 0 Å². The third-order valence-corrected chi connectivity index (χ3v) is 7.51. The molecule has 0 bridgehead atoms. The van der Waals surface area contributed by atoms with Gasteiger partial charge in [-0.2, -0.15) is 0 Å². The molecule has 138 valence electrons. The predicted molar refractivity (Wildman–Crippen MR) is 93.2 cm³/mol. The first-order valence-corrected chi connectivity index (χ1v) is 9.50. The molecule has 0 aromatic rings. The molecule has 2 saturated carbocycles. The summed E-state index contributed by atoms with van der Waals surface area (Å²) < 4.78 is 0. The minimum atomic E-state index is -1.01. The van der Waals surface area contributed by atoms with Gasteiger partial charge in [0.1, 0.15) is 0 Å². The van der Waals surface area contributed by atoms with Gasteiger partial charge in [0.05, 0.1) is 17.3 Å². The predicted octanol–water partition coefficient (Wildman–Crippen LogP) is 2.25. The van der Waals surface area contributed by atoms with Gasteiger partial charge in [0.2, 0.25) is 0 Å². The normalized spacial score (nSPS) is 51.8. The Labute approximate surface area is 145 Å². The Morgan fingerprint density at radius 2 is 1.88 bits per heavy atom. The van der Waals surface area contributed by atoms with Crippen LogP contribution in [0.25, 0.3) is 0 Å². The molecule has 0 spiro atoms. The fourth-order valence-electron chi connectivity index (χ4n) is 6.05. The van der Waals surface area contributed by atoms with E-state index in [0.29, 0.717) is 12.8 Å². The Kier molecular flexibility index (Phi) is 4.44. The molecule has 0 unspecified atom stereocenters. The van der Waals surface area contributed by atoms with E-state index in [1.54, 1.807) is 6.92 Å². The van der Waals surface area contributed by atoms with Crippen molar-refractivity contribution in [1.29, 1.82) is 0 Å². The molecule has 0 aliphatic heterocycles. The van der Waals surface area contributed by atoms with Crippen molar-refractivity contribution in [3.05, 3.63) is 11.6 Å². The van der Waals surface area contributed by atoms with E-state index in [2.05, 4.69) is 26.8 Å². The van der Waals surface area contributed by atoms with E-state index in [0.717, 1.165) is 24.8 Å². The number of hydrogen-bond donors (Lipinski definition) is 4. The second-order valence-electron chi connectivity index (χ2n) is 9.46. The van der Waals surface area contributed by atoms with Crippen LogP contribution in [-0.4, -0.2) is 44.3 Å². The summed E-state index contributed by atoms with van der Waals surface area (Å²) in [5, 5.41) is 42.7. The molecule has 24 heavy (non-hydrogen) atoms. The first kappa shape index (κ1) is 18.4. The molecule has 7 atom stereocenters. The maximum Gasteiger partial charge on any atom is 0.0885 e. The number of hydrogen-bond acceptors (Lipinski definition) is 4. The molecule has 0 aromatic carbocycles. The minimum Gasteiger partial charge on any atom is -0.396 e. The second-order valence-corrected chi connectivity index (χ2v) is 9.46. The van der Waals surface area contributed by atoms with E-state index in [9.17, 15) is 20.4 Å². The molecule has 0 amide bonds. The Hall–Kier alpha value is -0.420. The molecule has 3 aliphatic carbocycles. The SMILES string of the molecule is CC(C)[C@@]1(O)CC[C@]2(C)C[C@@H]3[C@H](CO)C[C@@H](O)[C@@H]3[C@@](C)(O)CC=C21. The van der Waals surface area contributed by atoms with E-state index in [4.69, 9.17) is 0 Å². The molecule has 0 aromatic heterocycles. The summed E-state index contributed by atoms with van der Waals surface area (Å²) >= 11 is 0. The monoisotopic (exact) mass is 338 g/mol. The second kappa shape index (κ2) is 5.80. The van der Waals surface area contributed by atoms with Crippen LogP contribution in [0.1, 0.15) is 59.8 Å². The van der Waals surface area contributed by atoms with Gasteiger partial charge in [0.15, 0.2) is 0 Å². The van der Waals surface area contributed by atoms with Crippen LogP contribution in [-0.2, 0) is 0 Å². The van der Waals surface area contributed by atoms with Gasteiger partial charge in [-0.15, -0.1) is 0 Å².